The molecule has 0 aromatic carbocycles. The minimum Gasteiger partial charge on any atom is -0.396 e. The molecule has 0 amide bonds. The third kappa shape index (κ3) is 3.79. The van der Waals surface area contributed by atoms with Gasteiger partial charge in [-0.3, -0.25) is 0 Å². The summed E-state index contributed by atoms with van der Waals surface area (Å²) < 4.78 is 1.69. The Morgan fingerprint density at radius 3 is 2.88 bits per heavy atom. The summed E-state index contributed by atoms with van der Waals surface area (Å²) in [4.78, 5) is 0. The fraction of sp³-hybridized carbons (Fsp3) is 0.583. The Hall–Kier alpha value is -1.13. The molecule has 1 heterocycles. The molecule has 4 nitrogen and oxygen atoms in total. The molecule has 0 spiro atoms. The molecule has 0 fully saturated rings. The van der Waals surface area contributed by atoms with Gasteiger partial charge in [0.05, 0.1) is 6.20 Å². The molecule has 1 aromatic rings. The first-order valence-corrected chi connectivity index (χ1v) is 5.67. The highest BCUT2D eigenvalue weighted by atomic mass is 16.3. The van der Waals surface area contributed by atoms with Crippen LogP contribution in [0.4, 0.5) is 0 Å². The van der Waals surface area contributed by atoms with Gasteiger partial charge in [-0.25, -0.2) is 4.68 Å². The average Bonchev–Trinajstić information content (AvgIpc) is 2.71. The lowest BCUT2D eigenvalue weighted by atomic mass is 10.0. The maximum absolute atomic E-state index is 8.96. The molecule has 0 aliphatic rings. The van der Waals surface area contributed by atoms with E-state index in [9.17, 15) is 0 Å². The van der Waals surface area contributed by atoms with Crippen LogP contribution in [0, 0.1) is 5.92 Å². The first kappa shape index (κ1) is 12.9. The molecule has 0 saturated carbocycles. The minimum absolute atomic E-state index is 0.224. The Morgan fingerprint density at radius 2 is 2.38 bits per heavy atom. The van der Waals surface area contributed by atoms with Gasteiger partial charge < -0.3 is 10.4 Å². The van der Waals surface area contributed by atoms with Crippen LogP contribution in [0.15, 0.2) is 19.0 Å². The summed E-state index contributed by atoms with van der Waals surface area (Å²) in [6.07, 6.45) is 6.21. The van der Waals surface area contributed by atoms with Crippen molar-refractivity contribution in [1.82, 2.24) is 15.1 Å². The van der Waals surface area contributed by atoms with Crippen LogP contribution in [-0.2, 0) is 6.54 Å². The standard InChI is InChI=1S/C12H21N3O/c1-4-15-9-11(8-14-15)7-13-12(5-6-16)10(2)3/h4,8-10,12-13,16H,1,5-7H2,2-3H3. The molecule has 0 aliphatic carbocycles. The highest BCUT2D eigenvalue weighted by Crippen LogP contribution is 2.07. The van der Waals surface area contributed by atoms with Crippen LogP contribution >= 0.6 is 0 Å². The lowest BCUT2D eigenvalue weighted by molar-refractivity contribution is 0.244. The lowest BCUT2D eigenvalue weighted by Crippen LogP contribution is -2.34. The van der Waals surface area contributed by atoms with Crippen molar-refractivity contribution in [2.45, 2.75) is 32.9 Å². The Kier molecular flexibility index (Phi) is 5.22. The van der Waals surface area contributed by atoms with Crippen LogP contribution in [0.3, 0.4) is 0 Å². The number of aliphatic hydroxyl groups is 1. The van der Waals surface area contributed by atoms with Gasteiger partial charge in [0.1, 0.15) is 0 Å². The van der Waals surface area contributed by atoms with Crippen LogP contribution in [0.5, 0.6) is 0 Å². The van der Waals surface area contributed by atoms with Crippen LogP contribution in [0.25, 0.3) is 6.20 Å². The van der Waals surface area contributed by atoms with Crippen molar-refractivity contribution >= 4 is 6.20 Å². The predicted octanol–water partition coefficient (Wildman–Crippen LogP) is 1.48. The molecule has 1 aromatic heterocycles. The van der Waals surface area contributed by atoms with Crippen LogP contribution < -0.4 is 5.32 Å². The molecular weight excluding hydrogens is 202 g/mol. The van der Waals surface area contributed by atoms with Crippen LogP contribution in [-0.4, -0.2) is 27.5 Å². The Morgan fingerprint density at radius 1 is 1.62 bits per heavy atom. The predicted molar refractivity (Wildman–Crippen MR) is 65.8 cm³/mol. The number of hydrogen-bond acceptors (Lipinski definition) is 3. The zero-order valence-electron chi connectivity index (χ0n) is 10.1. The van der Waals surface area contributed by atoms with E-state index in [1.165, 1.54) is 0 Å². The van der Waals surface area contributed by atoms with E-state index in [0.29, 0.717) is 12.0 Å². The van der Waals surface area contributed by atoms with E-state index >= 15 is 0 Å². The maximum atomic E-state index is 8.96. The molecular formula is C12H21N3O. The molecule has 4 heteroatoms. The van der Waals surface area contributed by atoms with Gasteiger partial charge in [0.25, 0.3) is 0 Å². The van der Waals surface area contributed by atoms with Gasteiger partial charge in [0.15, 0.2) is 0 Å². The zero-order chi connectivity index (χ0) is 12.0. The minimum atomic E-state index is 0.224. The van der Waals surface area contributed by atoms with E-state index in [4.69, 9.17) is 5.11 Å². The lowest BCUT2D eigenvalue weighted by Gasteiger charge is -2.21. The molecule has 90 valence electrons. The van der Waals surface area contributed by atoms with Crippen LogP contribution in [0.1, 0.15) is 25.8 Å². The number of rotatable bonds is 7. The number of aliphatic hydroxyl groups excluding tert-OH is 1. The second-order valence-electron chi connectivity index (χ2n) is 4.25. The summed E-state index contributed by atoms with van der Waals surface area (Å²) in [6, 6.07) is 0.345. The van der Waals surface area contributed by atoms with E-state index in [-0.39, 0.29) is 6.61 Å². The quantitative estimate of drug-likeness (QED) is 0.736. The van der Waals surface area contributed by atoms with Crippen LogP contribution in [0.2, 0.25) is 0 Å². The van der Waals surface area contributed by atoms with Gasteiger partial charge >= 0.3 is 0 Å². The van der Waals surface area contributed by atoms with E-state index in [0.717, 1.165) is 18.5 Å². The van der Waals surface area contributed by atoms with Gasteiger partial charge in [-0.2, -0.15) is 5.10 Å². The maximum Gasteiger partial charge on any atom is 0.0538 e. The summed E-state index contributed by atoms with van der Waals surface area (Å²) in [5.41, 5.74) is 1.13. The topological polar surface area (TPSA) is 50.1 Å². The molecule has 1 atom stereocenters. The van der Waals surface area contributed by atoms with E-state index < -0.39 is 0 Å². The fourth-order valence-electron chi connectivity index (χ4n) is 1.63. The highest BCUT2D eigenvalue weighted by molar-refractivity contribution is 5.17. The number of aromatic nitrogens is 2. The van der Waals surface area contributed by atoms with Crippen molar-refractivity contribution in [3.63, 3.8) is 0 Å². The summed E-state index contributed by atoms with van der Waals surface area (Å²) >= 11 is 0. The van der Waals surface area contributed by atoms with E-state index in [1.807, 2.05) is 12.4 Å². The number of nitrogens with one attached hydrogen (secondary N) is 1. The summed E-state index contributed by atoms with van der Waals surface area (Å²) in [5.74, 6) is 0.515. The van der Waals surface area contributed by atoms with E-state index in [1.54, 1.807) is 10.9 Å². The Bertz CT molecular complexity index is 320. The Balaban J connectivity index is 2.44. The molecule has 2 N–H and O–H groups in total. The van der Waals surface area contributed by atoms with Crippen molar-refractivity contribution in [3.8, 4) is 0 Å². The van der Waals surface area contributed by atoms with Crippen molar-refractivity contribution in [2.75, 3.05) is 6.61 Å². The SMILES string of the molecule is C=Cn1cc(CNC(CCO)C(C)C)cn1. The second kappa shape index (κ2) is 6.45. The van der Waals surface area contributed by atoms with Gasteiger partial charge in [0, 0.05) is 37.2 Å². The highest BCUT2D eigenvalue weighted by Gasteiger charge is 2.11. The molecule has 1 rings (SSSR count). The molecule has 0 saturated heterocycles. The largest absolute Gasteiger partial charge is 0.396 e. The monoisotopic (exact) mass is 223 g/mol. The summed E-state index contributed by atoms with van der Waals surface area (Å²) in [6.45, 7) is 8.95. The van der Waals surface area contributed by atoms with Crippen molar-refractivity contribution in [1.29, 1.82) is 0 Å². The van der Waals surface area contributed by atoms with Gasteiger partial charge in [-0.15, -0.1) is 0 Å². The molecule has 0 bridgehead atoms. The first-order chi connectivity index (χ1) is 7.67. The molecule has 1 unspecified atom stereocenters. The smallest absolute Gasteiger partial charge is 0.0538 e. The fourth-order valence-corrected chi connectivity index (χ4v) is 1.63. The molecule has 0 radical (unpaired) electrons. The van der Waals surface area contributed by atoms with E-state index in [2.05, 4.69) is 30.8 Å². The number of nitrogens with zero attached hydrogens (tertiary/aromatic N) is 2. The van der Waals surface area contributed by atoms with Gasteiger partial charge in [-0.05, 0) is 12.3 Å². The Labute approximate surface area is 97.0 Å². The summed E-state index contributed by atoms with van der Waals surface area (Å²) in [7, 11) is 0. The van der Waals surface area contributed by atoms with Crippen molar-refractivity contribution in [3.05, 3.63) is 24.5 Å². The average molecular weight is 223 g/mol. The number of hydrogen-bond donors (Lipinski definition) is 2. The van der Waals surface area contributed by atoms with Gasteiger partial charge in [0.2, 0.25) is 0 Å². The first-order valence-electron chi connectivity index (χ1n) is 5.67. The van der Waals surface area contributed by atoms with Crippen molar-refractivity contribution < 1.29 is 5.11 Å². The summed E-state index contributed by atoms with van der Waals surface area (Å²) in [5, 5.41) is 16.5. The van der Waals surface area contributed by atoms with Crippen molar-refractivity contribution in [2.24, 2.45) is 5.92 Å². The molecule has 16 heavy (non-hydrogen) atoms. The molecule has 0 aliphatic heterocycles. The van der Waals surface area contributed by atoms with Gasteiger partial charge in [-0.1, -0.05) is 20.4 Å². The zero-order valence-corrected chi connectivity index (χ0v) is 10.1. The third-order valence-corrected chi connectivity index (χ3v) is 2.66. The normalized spacial score (nSPS) is 13.0. The second-order valence-corrected chi connectivity index (χ2v) is 4.25. The third-order valence-electron chi connectivity index (χ3n) is 2.66.